The first-order chi connectivity index (χ1) is 17.4. The summed E-state index contributed by atoms with van der Waals surface area (Å²) < 4.78 is 0. The van der Waals surface area contributed by atoms with Crippen LogP contribution < -0.4 is 5.32 Å². The van der Waals surface area contributed by atoms with Gasteiger partial charge in [-0.2, -0.15) is 0 Å². The van der Waals surface area contributed by atoms with E-state index in [0.29, 0.717) is 18.7 Å². The molecule has 0 aliphatic heterocycles. The monoisotopic (exact) mass is 495 g/mol. The molecule has 3 heteroatoms. The largest absolute Gasteiger partial charge is 0.507 e. The maximum atomic E-state index is 12.4. The number of benzene rings is 2. The number of phenols is 1. The molecule has 0 heterocycles. The fourth-order valence-electron chi connectivity index (χ4n) is 5.10. The lowest BCUT2D eigenvalue weighted by Crippen LogP contribution is -2.35. The van der Waals surface area contributed by atoms with E-state index in [2.05, 4.69) is 32.2 Å². The van der Waals surface area contributed by atoms with Crippen LogP contribution in [0, 0.1) is 5.41 Å². The molecule has 0 saturated carbocycles. The molecule has 2 N–H and O–H groups in total. The third-order valence-corrected chi connectivity index (χ3v) is 7.42. The number of nitrogens with one attached hydrogen (secondary N) is 1. The van der Waals surface area contributed by atoms with Gasteiger partial charge in [0.15, 0.2) is 0 Å². The highest BCUT2D eigenvalue weighted by Crippen LogP contribution is 2.33. The third-order valence-electron chi connectivity index (χ3n) is 7.42. The predicted octanol–water partition coefficient (Wildman–Crippen LogP) is 9.49. The van der Waals surface area contributed by atoms with Crippen molar-refractivity contribution >= 4 is 16.7 Å². The second-order valence-electron chi connectivity index (χ2n) is 11.6. The van der Waals surface area contributed by atoms with E-state index in [1.54, 1.807) is 0 Å². The van der Waals surface area contributed by atoms with E-state index >= 15 is 0 Å². The molecule has 0 atom stereocenters. The van der Waals surface area contributed by atoms with Crippen LogP contribution >= 0.6 is 0 Å². The number of fused-ring (bicyclic) bond motifs is 1. The van der Waals surface area contributed by atoms with Crippen molar-refractivity contribution in [3.63, 3.8) is 0 Å². The van der Waals surface area contributed by atoms with Gasteiger partial charge >= 0.3 is 0 Å². The third kappa shape index (κ3) is 12.3. The van der Waals surface area contributed by atoms with Crippen molar-refractivity contribution in [2.45, 2.75) is 130 Å². The van der Waals surface area contributed by atoms with E-state index < -0.39 is 0 Å². The zero-order valence-electron chi connectivity index (χ0n) is 23.5. The Bertz CT molecular complexity index is 873. The molecule has 2 rings (SSSR count). The van der Waals surface area contributed by atoms with Crippen molar-refractivity contribution in [3.05, 3.63) is 42.0 Å². The fraction of sp³-hybridized carbons (Fsp3) is 0.667. The lowest BCUT2D eigenvalue weighted by atomic mass is 9.84. The molecule has 36 heavy (non-hydrogen) atoms. The van der Waals surface area contributed by atoms with Gasteiger partial charge in [-0.3, -0.25) is 4.79 Å². The summed E-state index contributed by atoms with van der Waals surface area (Å²) in [6.45, 7) is 7.20. The molecule has 0 saturated heterocycles. The molecule has 0 aliphatic rings. The molecule has 0 radical (unpaired) electrons. The van der Waals surface area contributed by atoms with Gasteiger partial charge < -0.3 is 10.4 Å². The summed E-state index contributed by atoms with van der Waals surface area (Å²) in [5, 5.41) is 15.8. The SMILES string of the molecule is CCCCCCCCCCCCCCCCCC(=O)NCC(C)(C)Cc1ccc2ccccc2c1O. The molecule has 0 fully saturated rings. The lowest BCUT2D eigenvalue weighted by molar-refractivity contribution is -0.121. The highest BCUT2D eigenvalue weighted by atomic mass is 16.3. The minimum absolute atomic E-state index is 0.120. The van der Waals surface area contributed by atoms with E-state index in [1.807, 2.05) is 30.3 Å². The molecule has 2 aromatic carbocycles. The topological polar surface area (TPSA) is 49.3 Å². The normalized spacial score (nSPS) is 11.8. The van der Waals surface area contributed by atoms with Crippen LogP contribution in [0.25, 0.3) is 10.8 Å². The summed E-state index contributed by atoms with van der Waals surface area (Å²) >= 11 is 0. The molecule has 0 unspecified atom stereocenters. The number of hydrogen-bond donors (Lipinski definition) is 2. The average Bonchev–Trinajstić information content (AvgIpc) is 2.87. The summed E-state index contributed by atoms with van der Waals surface area (Å²) in [4.78, 5) is 12.4. The van der Waals surface area contributed by atoms with E-state index in [-0.39, 0.29) is 11.3 Å². The van der Waals surface area contributed by atoms with Gasteiger partial charge in [-0.05, 0) is 29.2 Å². The first-order valence-electron chi connectivity index (χ1n) is 14.9. The van der Waals surface area contributed by atoms with Crippen LogP contribution in [0.1, 0.15) is 129 Å². The van der Waals surface area contributed by atoms with Crippen LogP contribution in [0.5, 0.6) is 5.75 Å². The van der Waals surface area contributed by atoms with Crippen molar-refractivity contribution in [1.82, 2.24) is 5.32 Å². The molecule has 0 aromatic heterocycles. The van der Waals surface area contributed by atoms with Gasteiger partial charge in [-0.25, -0.2) is 0 Å². The summed E-state index contributed by atoms with van der Waals surface area (Å²) in [6, 6.07) is 12.0. The number of hydrogen-bond acceptors (Lipinski definition) is 2. The highest BCUT2D eigenvalue weighted by Gasteiger charge is 2.21. The number of amides is 1. The minimum atomic E-state index is -0.120. The first-order valence-corrected chi connectivity index (χ1v) is 14.9. The Morgan fingerprint density at radius 3 is 1.86 bits per heavy atom. The number of phenolic OH excluding ortho intramolecular Hbond substituents is 1. The van der Waals surface area contributed by atoms with Gasteiger partial charge in [0.1, 0.15) is 5.75 Å². The van der Waals surface area contributed by atoms with Gasteiger partial charge in [0, 0.05) is 18.4 Å². The Hall–Kier alpha value is -2.03. The number of carbonyl (C=O) groups is 1. The molecule has 202 valence electrons. The van der Waals surface area contributed by atoms with Crippen LogP contribution in [0.4, 0.5) is 0 Å². The van der Waals surface area contributed by atoms with E-state index in [9.17, 15) is 9.90 Å². The first kappa shape index (κ1) is 30.2. The van der Waals surface area contributed by atoms with Crippen molar-refractivity contribution in [3.8, 4) is 5.75 Å². The van der Waals surface area contributed by atoms with Crippen LogP contribution in [0.15, 0.2) is 36.4 Å². The average molecular weight is 496 g/mol. The van der Waals surface area contributed by atoms with Crippen LogP contribution in [-0.4, -0.2) is 17.6 Å². The Labute approximate surface area is 221 Å². The van der Waals surface area contributed by atoms with Crippen molar-refractivity contribution in [2.75, 3.05) is 6.54 Å². The van der Waals surface area contributed by atoms with Gasteiger partial charge in [-0.15, -0.1) is 0 Å². The second-order valence-corrected chi connectivity index (χ2v) is 11.6. The Morgan fingerprint density at radius 2 is 1.28 bits per heavy atom. The van der Waals surface area contributed by atoms with Gasteiger partial charge in [0.2, 0.25) is 5.91 Å². The van der Waals surface area contributed by atoms with Gasteiger partial charge in [0.05, 0.1) is 0 Å². The van der Waals surface area contributed by atoms with Gasteiger partial charge in [0.25, 0.3) is 0 Å². The van der Waals surface area contributed by atoms with Crippen molar-refractivity contribution < 1.29 is 9.90 Å². The summed E-state index contributed by atoms with van der Waals surface area (Å²) in [5.74, 6) is 0.519. The zero-order chi connectivity index (χ0) is 26.1. The van der Waals surface area contributed by atoms with Crippen LogP contribution in [0.3, 0.4) is 0 Å². The minimum Gasteiger partial charge on any atom is -0.507 e. The summed E-state index contributed by atoms with van der Waals surface area (Å²) in [7, 11) is 0. The maximum Gasteiger partial charge on any atom is 0.220 e. The van der Waals surface area contributed by atoms with Crippen molar-refractivity contribution in [1.29, 1.82) is 0 Å². The molecule has 1 amide bonds. The summed E-state index contributed by atoms with van der Waals surface area (Å²) in [5.41, 5.74) is 0.820. The lowest BCUT2D eigenvalue weighted by Gasteiger charge is -2.26. The van der Waals surface area contributed by atoms with Crippen LogP contribution in [-0.2, 0) is 11.2 Å². The second kappa shape index (κ2) is 17.4. The maximum absolute atomic E-state index is 12.4. The Kier molecular flexibility index (Phi) is 14.6. The zero-order valence-corrected chi connectivity index (χ0v) is 23.5. The van der Waals surface area contributed by atoms with E-state index in [4.69, 9.17) is 0 Å². The number of rotatable bonds is 20. The number of carbonyl (C=O) groups excluding carboxylic acids is 1. The number of aromatic hydroxyl groups is 1. The van der Waals surface area contributed by atoms with E-state index in [1.165, 1.54) is 83.5 Å². The molecule has 3 nitrogen and oxygen atoms in total. The molecule has 0 bridgehead atoms. The van der Waals surface area contributed by atoms with Crippen molar-refractivity contribution in [2.24, 2.45) is 5.41 Å². The standard InChI is InChI=1S/C33H53NO2/c1-4-5-6-7-8-9-10-11-12-13-14-15-16-17-18-23-31(35)34-27-33(2,3)26-29-25-24-28-21-19-20-22-30(28)32(29)36/h19-22,24-25,36H,4-18,23,26-27H2,1-3H3,(H,34,35). The molecular formula is C33H53NO2. The quantitative estimate of drug-likeness (QED) is 0.180. The van der Waals surface area contributed by atoms with E-state index in [0.717, 1.165) is 35.6 Å². The van der Waals surface area contributed by atoms with Gasteiger partial charge in [-0.1, -0.05) is 147 Å². The molecule has 0 spiro atoms. The summed E-state index contributed by atoms with van der Waals surface area (Å²) in [6.07, 6.45) is 21.4. The Morgan fingerprint density at radius 1 is 0.750 bits per heavy atom. The molecule has 2 aromatic rings. The fourth-order valence-corrected chi connectivity index (χ4v) is 5.10. The smallest absolute Gasteiger partial charge is 0.220 e. The molecule has 0 aliphatic carbocycles. The Balaban J connectivity index is 1.48. The predicted molar refractivity (Wildman–Crippen MR) is 156 cm³/mol. The molecular weight excluding hydrogens is 442 g/mol. The number of unbranched alkanes of at least 4 members (excludes halogenated alkanes) is 14. The highest BCUT2D eigenvalue weighted by molar-refractivity contribution is 5.89. The van der Waals surface area contributed by atoms with Crippen LogP contribution in [0.2, 0.25) is 0 Å².